The van der Waals surface area contributed by atoms with E-state index in [2.05, 4.69) is 30.3 Å². The lowest BCUT2D eigenvalue weighted by Crippen LogP contribution is -2.55. The van der Waals surface area contributed by atoms with Crippen LogP contribution in [0.5, 0.6) is 0 Å². The topological polar surface area (TPSA) is 71.2 Å². The zero-order valence-corrected chi connectivity index (χ0v) is 19.1. The van der Waals surface area contributed by atoms with Crippen LogP contribution >= 0.6 is 0 Å². The number of anilines is 2. The first-order valence-electron chi connectivity index (χ1n) is 11.8. The lowest BCUT2D eigenvalue weighted by atomic mass is 9.73. The Labute approximate surface area is 200 Å². The molecule has 0 amide bonds. The number of nitrogens with zero attached hydrogens (tertiary/aromatic N) is 6. The molecule has 2 fully saturated rings. The van der Waals surface area contributed by atoms with Gasteiger partial charge in [-0.15, -0.1) is 5.10 Å². The van der Waals surface area contributed by atoms with Crippen molar-refractivity contribution in [3.63, 3.8) is 0 Å². The summed E-state index contributed by atoms with van der Waals surface area (Å²) in [5.74, 6) is -1.78. The first-order valence-corrected chi connectivity index (χ1v) is 11.8. The van der Waals surface area contributed by atoms with Gasteiger partial charge in [0.1, 0.15) is 12.1 Å². The summed E-state index contributed by atoms with van der Waals surface area (Å²) in [7, 11) is 0. The van der Waals surface area contributed by atoms with Crippen molar-refractivity contribution in [2.24, 2.45) is 11.8 Å². The molecule has 4 aromatic rings. The normalized spacial score (nSPS) is 21.9. The van der Waals surface area contributed by atoms with Crippen LogP contribution in [0.25, 0.3) is 16.8 Å². The molecule has 1 aromatic carbocycles. The number of aromatic nitrogens is 5. The van der Waals surface area contributed by atoms with Crippen molar-refractivity contribution in [2.45, 2.75) is 32.2 Å². The number of nitrogens with one attached hydrogen (secondary N) is 1. The number of halogens is 3. The van der Waals surface area contributed by atoms with E-state index in [9.17, 15) is 13.2 Å². The average molecular weight is 480 g/mol. The fourth-order valence-corrected chi connectivity index (χ4v) is 5.53. The minimum Gasteiger partial charge on any atom is -0.356 e. The monoisotopic (exact) mass is 479 g/mol. The second-order valence-corrected chi connectivity index (χ2v) is 9.39. The molecule has 10 heteroatoms. The summed E-state index contributed by atoms with van der Waals surface area (Å²) < 4.78 is 43.4. The molecule has 1 saturated heterocycles. The molecule has 4 heterocycles. The van der Waals surface area contributed by atoms with E-state index in [1.165, 1.54) is 17.0 Å². The van der Waals surface area contributed by atoms with Gasteiger partial charge in [-0.1, -0.05) is 6.42 Å². The lowest BCUT2D eigenvalue weighted by Gasteiger charge is -2.47. The molecule has 1 aliphatic heterocycles. The Hall–Kier alpha value is -3.69. The van der Waals surface area contributed by atoms with Crippen molar-refractivity contribution >= 4 is 17.4 Å². The maximum Gasteiger partial charge on any atom is 0.243 e. The molecule has 0 radical (unpaired) electrons. The van der Waals surface area contributed by atoms with Crippen molar-refractivity contribution < 1.29 is 13.2 Å². The zero-order valence-electron chi connectivity index (χ0n) is 19.1. The van der Waals surface area contributed by atoms with Crippen LogP contribution < -0.4 is 10.2 Å². The Kier molecular flexibility index (Phi) is 5.31. The van der Waals surface area contributed by atoms with Gasteiger partial charge in [0, 0.05) is 48.2 Å². The van der Waals surface area contributed by atoms with E-state index in [4.69, 9.17) is 0 Å². The van der Waals surface area contributed by atoms with Gasteiger partial charge < -0.3 is 10.2 Å². The summed E-state index contributed by atoms with van der Waals surface area (Å²) in [6, 6.07) is 7.66. The van der Waals surface area contributed by atoms with E-state index in [0.717, 1.165) is 43.5 Å². The first kappa shape index (κ1) is 21.8. The highest BCUT2D eigenvalue weighted by Crippen LogP contribution is 2.38. The van der Waals surface area contributed by atoms with E-state index in [1.54, 1.807) is 24.7 Å². The molecule has 7 nitrogen and oxygen atoms in total. The van der Waals surface area contributed by atoms with Gasteiger partial charge in [-0.3, -0.25) is 0 Å². The summed E-state index contributed by atoms with van der Waals surface area (Å²) in [5, 5.41) is 8.09. The van der Waals surface area contributed by atoms with Gasteiger partial charge in [-0.2, -0.15) is 4.98 Å². The Morgan fingerprint density at radius 3 is 2.54 bits per heavy atom. The highest BCUT2D eigenvalue weighted by Gasteiger charge is 2.40. The second kappa shape index (κ2) is 8.51. The van der Waals surface area contributed by atoms with Crippen molar-refractivity contribution in [3.8, 4) is 11.1 Å². The minimum absolute atomic E-state index is 0.0567. The van der Waals surface area contributed by atoms with Gasteiger partial charge in [-0.25, -0.2) is 27.7 Å². The highest BCUT2D eigenvalue weighted by atomic mass is 19.2. The van der Waals surface area contributed by atoms with Crippen LogP contribution in [0, 0.1) is 36.2 Å². The molecular formula is C25H24F3N7. The standard InChI is InChI=1S/C25H24F3N7/c1-14-10-20(30-13-29-14)34-11-15-4-2-5-16(12-34)23(15)31-25-32-24-18(6-3-9-35(24)33-25)17-7-8-19(26)22(28)21(17)27/h3,6-10,13,15-16,23H,2,4-5,11-12H2,1H3,(H,31,33). The summed E-state index contributed by atoms with van der Waals surface area (Å²) in [6.45, 7) is 3.72. The van der Waals surface area contributed by atoms with Crippen LogP contribution in [0.4, 0.5) is 24.9 Å². The highest BCUT2D eigenvalue weighted by molar-refractivity contribution is 5.78. The molecule has 2 unspecified atom stereocenters. The van der Waals surface area contributed by atoms with E-state index < -0.39 is 17.5 Å². The van der Waals surface area contributed by atoms with Gasteiger partial charge in [0.15, 0.2) is 23.1 Å². The summed E-state index contributed by atoms with van der Waals surface area (Å²) >= 11 is 0. The third-order valence-corrected chi connectivity index (χ3v) is 7.17. The second-order valence-electron chi connectivity index (χ2n) is 9.39. The number of hydrogen-bond donors (Lipinski definition) is 1. The van der Waals surface area contributed by atoms with Gasteiger partial charge in [0.2, 0.25) is 5.95 Å². The summed E-state index contributed by atoms with van der Waals surface area (Å²) in [5.41, 5.74) is 1.61. The largest absolute Gasteiger partial charge is 0.356 e. The molecule has 2 bridgehead atoms. The predicted molar refractivity (Wildman–Crippen MR) is 126 cm³/mol. The Morgan fingerprint density at radius 2 is 1.77 bits per heavy atom. The SMILES string of the molecule is Cc1cc(N2CC3CCCC(C2)C3Nc2nc3c(-c4ccc(F)c(F)c4F)cccn3n2)ncn1. The number of aryl methyl sites for hydroxylation is 1. The van der Waals surface area contributed by atoms with Crippen molar-refractivity contribution in [1.29, 1.82) is 0 Å². The molecule has 2 atom stereocenters. The quantitative estimate of drug-likeness (QED) is 0.431. The summed E-state index contributed by atoms with van der Waals surface area (Å²) in [4.78, 5) is 15.6. The first-order chi connectivity index (χ1) is 17.0. The number of hydrogen-bond acceptors (Lipinski definition) is 6. The molecule has 1 aliphatic carbocycles. The van der Waals surface area contributed by atoms with E-state index in [0.29, 0.717) is 29.0 Å². The Morgan fingerprint density at radius 1 is 0.971 bits per heavy atom. The number of fused-ring (bicyclic) bond motifs is 3. The lowest BCUT2D eigenvalue weighted by molar-refractivity contribution is 0.203. The number of piperidine rings is 1. The van der Waals surface area contributed by atoms with E-state index in [-0.39, 0.29) is 11.6 Å². The van der Waals surface area contributed by atoms with Crippen LogP contribution in [0.1, 0.15) is 25.0 Å². The fraction of sp³-hybridized carbons (Fsp3) is 0.360. The number of pyridine rings is 1. The molecule has 1 N–H and O–H groups in total. The maximum atomic E-state index is 14.5. The van der Waals surface area contributed by atoms with Crippen LogP contribution in [0.15, 0.2) is 42.9 Å². The number of benzene rings is 1. The molecule has 6 rings (SSSR count). The van der Waals surface area contributed by atoms with Gasteiger partial charge in [0.05, 0.1) is 0 Å². The molecule has 0 spiro atoms. The van der Waals surface area contributed by atoms with Crippen LogP contribution in [-0.2, 0) is 0 Å². The van der Waals surface area contributed by atoms with Gasteiger partial charge in [-0.05, 0) is 55.9 Å². The van der Waals surface area contributed by atoms with E-state index in [1.807, 2.05) is 13.0 Å². The number of rotatable bonds is 4. The van der Waals surface area contributed by atoms with Crippen molar-refractivity contribution in [2.75, 3.05) is 23.3 Å². The molecule has 2 aliphatic rings. The van der Waals surface area contributed by atoms with Crippen molar-refractivity contribution in [1.82, 2.24) is 24.6 Å². The van der Waals surface area contributed by atoms with Gasteiger partial charge in [0.25, 0.3) is 0 Å². The third-order valence-electron chi connectivity index (χ3n) is 7.17. The molecule has 3 aromatic heterocycles. The predicted octanol–water partition coefficient (Wildman–Crippen LogP) is 4.63. The average Bonchev–Trinajstić information content (AvgIpc) is 3.25. The van der Waals surface area contributed by atoms with Crippen molar-refractivity contribution in [3.05, 3.63) is 66.0 Å². The summed E-state index contributed by atoms with van der Waals surface area (Å²) in [6.07, 6.45) is 6.68. The molecule has 1 saturated carbocycles. The Bertz CT molecular complexity index is 1390. The minimum atomic E-state index is -1.50. The molecule has 35 heavy (non-hydrogen) atoms. The molecular weight excluding hydrogens is 455 g/mol. The van der Waals surface area contributed by atoms with Crippen LogP contribution in [0.2, 0.25) is 0 Å². The van der Waals surface area contributed by atoms with Gasteiger partial charge >= 0.3 is 0 Å². The third kappa shape index (κ3) is 3.86. The van der Waals surface area contributed by atoms with E-state index >= 15 is 0 Å². The fourth-order valence-electron chi connectivity index (χ4n) is 5.53. The zero-order chi connectivity index (χ0) is 24.1. The smallest absolute Gasteiger partial charge is 0.243 e. The van der Waals surface area contributed by atoms with Crippen LogP contribution in [0.3, 0.4) is 0 Å². The maximum absolute atomic E-state index is 14.5. The Balaban J connectivity index is 1.29. The molecule has 180 valence electrons. The van der Waals surface area contributed by atoms with Crippen LogP contribution in [-0.4, -0.2) is 43.7 Å².